The first kappa shape index (κ1) is 22.0. The predicted molar refractivity (Wildman–Crippen MR) is 105 cm³/mol. The molecule has 156 valence electrons. The standard InChI is InChI=1S/C20H37N3O4/c1-13(2)22(6)14-8-9-16(17(12-14)26-7)23-11-10-15(18(23)24)21-19(25)27-20(3,4)5/h13-17H,8-12H2,1-7H3,(H,21,25)/t14-,15+,16+,17-/m1/s1. The number of alkyl carbamates (subject to hydrolysis) is 1. The lowest BCUT2D eigenvalue weighted by Gasteiger charge is -2.43. The van der Waals surface area contributed by atoms with E-state index in [1.165, 1.54) is 0 Å². The van der Waals surface area contributed by atoms with Gasteiger partial charge in [0.15, 0.2) is 0 Å². The molecule has 2 fully saturated rings. The third-order valence-electron chi connectivity index (χ3n) is 5.75. The molecule has 1 aliphatic heterocycles. The number of nitrogens with one attached hydrogen (secondary N) is 1. The fourth-order valence-corrected chi connectivity index (χ4v) is 4.11. The summed E-state index contributed by atoms with van der Waals surface area (Å²) in [5, 5.41) is 2.73. The summed E-state index contributed by atoms with van der Waals surface area (Å²) in [6.45, 7) is 10.5. The van der Waals surface area contributed by atoms with E-state index in [0.717, 1.165) is 19.3 Å². The number of hydrogen-bond donors (Lipinski definition) is 1. The molecule has 7 heteroatoms. The van der Waals surface area contributed by atoms with Crippen LogP contribution < -0.4 is 5.32 Å². The van der Waals surface area contributed by atoms with Crippen molar-refractivity contribution in [3.63, 3.8) is 0 Å². The van der Waals surface area contributed by atoms with Gasteiger partial charge in [-0.05, 0) is 67.3 Å². The number of methoxy groups -OCH3 is 1. The molecular weight excluding hydrogens is 346 g/mol. The van der Waals surface area contributed by atoms with Crippen LogP contribution in [0.5, 0.6) is 0 Å². The molecule has 0 radical (unpaired) electrons. The Bertz CT molecular complexity index is 532. The molecule has 1 saturated carbocycles. The zero-order chi connectivity index (χ0) is 20.4. The van der Waals surface area contributed by atoms with E-state index in [1.807, 2.05) is 25.7 Å². The molecule has 0 bridgehead atoms. The van der Waals surface area contributed by atoms with Crippen LogP contribution in [0.4, 0.5) is 4.79 Å². The van der Waals surface area contributed by atoms with Gasteiger partial charge in [-0.2, -0.15) is 0 Å². The molecule has 0 aromatic heterocycles. The number of rotatable bonds is 5. The Balaban J connectivity index is 1.96. The van der Waals surface area contributed by atoms with Gasteiger partial charge in [0.25, 0.3) is 0 Å². The van der Waals surface area contributed by atoms with Crippen LogP contribution in [0.1, 0.15) is 60.3 Å². The van der Waals surface area contributed by atoms with E-state index in [2.05, 4.69) is 31.1 Å². The van der Waals surface area contributed by atoms with E-state index in [9.17, 15) is 9.59 Å². The van der Waals surface area contributed by atoms with Crippen LogP contribution in [0.15, 0.2) is 0 Å². The van der Waals surface area contributed by atoms with Gasteiger partial charge in [-0.25, -0.2) is 4.79 Å². The van der Waals surface area contributed by atoms with Crippen molar-refractivity contribution in [1.82, 2.24) is 15.1 Å². The van der Waals surface area contributed by atoms with Crippen LogP contribution in [-0.4, -0.2) is 78.4 Å². The lowest BCUT2D eigenvalue weighted by molar-refractivity contribution is -0.136. The van der Waals surface area contributed by atoms with Crippen molar-refractivity contribution in [2.45, 2.75) is 96.2 Å². The monoisotopic (exact) mass is 383 g/mol. The van der Waals surface area contributed by atoms with Gasteiger partial charge in [0.1, 0.15) is 11.6 Å². The maximum absolute atomic E-state index is 12.9. The van der Waals surface area contributed by atoms with Crippen molar-refractivity contribution < 1.29 is 19.1 Å². The van der Waals surface area contributed by atoms with E-state index in [1.54, 1.807) is 7.11 Å². The molecule has 27 heavy (non-hydrogen) atoms. The highest BCUT2D eigenvalue weighted by Crippen LogP contribution is 2.31. The number of likely N-dealkylation sites (tertiary alicyclic amines) is 1. The zero-order valence-electron chi connectivity index (χ0n) is 17.9. The molecule has 0 aromatic carbocycles. The Labute approximate surface area is 163 Å². The summed E-state index contributed by atoms with van der Waals surface area (Å²) < 4.78 is 11.1. The average molecular weight is 384 g/mol. The quantitative estimate of drug-likeness (QED) is 0.789. The summed E-state index contributed by atoms with van der Waals surface area (Å²) >= 11 is 0. The SMILES string of the molecule is CO[C@@H]1C[C@H](N(C)C(C)C)CC[C@@H]1N1CC[C@H](NC(=O)OC(C)(C)C)C1=O. The van der Waals surface area contributed by atoms with Gasteiger partial charge in [-0.15, -0.1) is 0 Å². The van der Waals surface area contributed by atoms with Gasteiger partial charge < -0.3 is 24.6 Å². The fourth-order valence-electron chi connectivity index (χ4n) is 4.11. The lowest BCUT2D eigenvalue weighted by atomic mass is 9.86. The molecule has 1 heterocycles. The zero-order valence-corrected chi connectivity index (χ0v) is 17.9. The Hall–Kier alpha value is -1.34. The minimum Gasteiger partial charge on any atom is -0.444 e. The Kier molecular flexibility index (Phi) is 7.14. The molecule has 1 aliphatic carbocycles. The van der Waals surface area contributed by atoms with E-state index in [-0.39, 0.29) is 18.1 Å². The maximum Gasteiger partial charge on any atom is 0.408 e. The van der Waals surface area contributed by atoms with Crippen molar-refractivity contribution in [3.8, 4) is 0 Å². The predicted octanol–water partition coefficient (Wildman–Crippen LogP) is 2.39. The highest BCUT2D eigenvalue weighted by atomic mass is 16.6. The smallest absolute Gasteiger partial charge is 0.408 e. The number of amides is 2. The first-order valence-electron chi connectivity index (χ1n) is 10.1. The van der Waals surface area contributed by atoms with Crippen molar-refractivity contribution in [2.24, 2.45) is 0 Å². The highest BCUT2D eigenvalue weighted by molar-refractivity contribution is 5.87. The highest BCUT2D eigenvalue weighted by Gasteiger charge is 2.43. The first-order valence-corrected chi connectivity index (χ1v) is 10.1. The van der Waals surface area contributed by atoms with Gasteiger partial charge in [-0.3, -0.25) is 4.79 Å². The van der Waals surface area contributed by atoms with Crippen LogP contribution in [0.3, 0.4) is 0 Å². The minimum absolute atomic E-state index is 0.0224. The second-order valence-electron chi connectivity index (χ2n) is 9.09. The Morgan fingerprint density at radius 2 is 1.93 bits per heavy atom. The van der Waals surface area contributed by atoms with Gasteiger partial charge in [0.2, 0.25) is 5.91 Å². The topological polar surface area (TPSA) is 71.1 Å². The van der Waals surface area contributed by atoms with E-state index in [4.69, 9.17) is 9.47 Å². The molecule has 7 nitrogen and oxygen atoms in total. The molecule has 2 rings (SSSR count). The first-order chi connectivity index (χ1) is 12.5. The molecular formula is C20H37N3O4. The van der Waals surface area contributed by atoms with Crippen molar-refractivity contribution in [1.29, 1.82) is 0 Å². The van der Waals surface area contributed by atoms with Crippen LogP contribution >= 0.6 is 0 Å². The van der Waals surface area contributed by atoms with Gasteiger partial charge in [0.05, 0.1) is 12.1 Å². The van der Waals surface area contributed by atoms with Crippen LogP contribution in [0.2, 0.25) is 0 Å². The number of hydrogen-bond acceptors (Lipinski definition) is 5. The summed E-state index contributed by atoms with van der Waals surface area (Å²) in [7, 11) is 3.89. The number of ether oxygens (including phenoxy) is 2. The second-order valence-corrected chi connectivity index (χ2v) is 9.09. The van der Waals surface area contributed by atoms with Crippen LogP contribution in [0.25, 0.3) is 0 Å². The lowest BCUT2D eigenvalue weighted by Crippen LogP contribution is -2.54. The maximum atomic E-state index is 12.9. The molecule has 1 N–H and O–H groups in total. The van der Waals surface area contributed by atoms with Crippen LogP contribution in [0, 0.1) is 0 Å². The van der Waals surface area contributed by atoms with E-state index >= 15 is 0 Å². The molecule has 2 aliphatic rings. The fraction of sp³-hybridized carbons (Fsp3) is 0.900. The minimum atomic E-state index is -0.576. The van der Waals surface area contributed by atoms with Gasteiger partial charge in [0, 0.05) is 25.7 Å². The largest absolute Gasteiger partial charge is 0.444 e. The molecule has 2 amide bonds. The number of carbonyl (C=O) groups is 2. The summed E-state index contributed by atoms with van der Waals surface area (Å²) in [5.74, 6) is -0.0245. The Morgan fingerprint density at radius 1 is 1.26 bits per heavy atom. The van der Waals surface area contributed by atoms with Crippen molar-refractivity contribution in [3.05, 3.63) is 0 Å². The third-order valence-corrected chi connectivity index (χ3v) is 5.75. The summed E-state index contributed by atoms with van der Waals surface area (Å²) in [6, 6.07) is 0.526. The van der Waals surface area contributed by atoms with Crippen molar-refractivity contribution >= 4 is 12.0 Å². The average Bonchev–Trinajstić information content (AvgIpc) is 2.92. The molecule has 0 unspecified atom stereocenters. The third kappa shape index (κ3) is 5.57. The van der Waals surface area contributed by atoms with Crippen molar-refractivity contribution in [2.75, 3.05) is 20.7 Å². The molecule has 0 spiro atoms. The Morgan fingerprint density at radius 3 is 2.48 bits per heavy atom. The van der Waals surface area contributed by atoms with E-state index in [0.29, 0.717) is 25.0 Å². The molecule has 0 aromatic rings. The second kappa shape index (κ2) is 8.78. The van der Waals surface area contributed by atoms with Gasteiger partial charge >= 0.3 is 6.09 Å². The number of carbonyl (C=O) groups excluding carboxylic acids is 2. The van der Waals surface area contributed by atoms with E-state index < -0.39 is 17.7 Å². The molecule has 1 saturated heterocycles. The molecule has 4 atom stereocenters. The summed E-state index contributed by atoms with van der Waals surface area (Å²) in [4.78, 5) is 29.2. The normalized spacial score (nSPS) is 29.5. The number of nitrogens with zero attached hydrogens (tertiary/aromatic N) is 2. The summed E-state index contributed by atoms with van der Waals surface area (Å²) in [6.07, 6.45) is 2.99. The summed E-state index contributed by atoms with van der Waals surface area (Å²) in [5.41, 5.74) is -0.576. The van der Waals surface area contributed by atoms with Gasteiger partial charge in [-0.1, -0.05) is 0 Å². The van der Waals surface area contributed by atoms with Crippen LogP contribution in [-0.2, 0) is 14.3 Å².